The van der Waals surface area contributed by atoms with E-state index >= 15 is 0 Å². The molecule has 1 atom stereocenters. The van der Waals surface area contributed by atoms with Crippen LogP contribution in [0.4, 0.5) is 19.3 Å². The fourth-order valence-electron chi connectivity index (χ4n) is 2.45. The average molecular weight is 348 g/mol. The number of nitrogens with two attached hydrogens (primary N) is 1. The number of nitrogens with one attached hydrogen (secondary N) is 1. The number of amides is 1. The van der Waals surface area contributed by atoms with Gasteiger partial charge in [-0.1, -0.05) is 24.3 Å². The molecule has 1 amide bonds. The van der Waals surface area contributed by atoms with Gasteiger partial charge in [0.2, 0.25) is 0 Å². The molecule has 2 aromatic rings. The zero-order chi connectivity index (χ0) is 18.8. The SMILES string of the molecule is C[C@@H](NC(=O)OC(C)(C)C)c1ccccc1-c1cc(N)c(F)cc1F. The summed E-state index contributed by atoms with van der Waals surface area (Å²) in [5.74, 6) is -1.53. The van der Waals surface area contributed by atoms with Crippen molar-refractivity contribution in [3.05, 3.63) is 53.6 Å². The smallest absolute Gasteiger partial charge is 0.408 e. The topological polar surface area (TPSA) is 64.3 Å². The lowest BCUT2D eigenvalue weighted by Gasteiger charge is -2.23. The number of benzene rings is 2. The van der Waals surface area contributed by atoms with Crippen LogP contribution in [0.15, 0.2) is 36.4 Å². The van der Waals surface area contributed by atoms with Crippen molar-refractivity contribution in [2.75, 3.05) is 5.73 Å². The molecule has 2 aromatic carbocycles. The van der Waals surface area contributed by atoms with Crippen LogP contribution in [0.3, 0.4) is 0 Å². The largest absolute Gasteiger partial charge is 0.444 e. The van der Waals surface area contributed by atoms with Gasteiger partial charge in [0, 0.05) is 11.6 Å². The normalized spacial score (nSPS) is 12.6. The second kappa shape index (κ2) is 7.09. The zero-order valence-corrected chi connectivity index (χ0v) is 14.7. The minimum atomic E-state index is -0.807. The molecule has 0 heterocycles. The Morgan fingerprint density at radius 1 is 1.12 bits per heavy atom. The number of ether oxygens (including phenoxy) is 1. The van der Waals surface area contributed by atoms with Gasteiger partial charge in [-0.15, -0.1) is 0 Å². The summed E-state index contributed by atoms with van der Waals surface area (Å²) in [5, 5.41) is 2.72. The second-order valence-corrected chi connectivity index (χ2v) is 6.81. The van der Waals surface area contributed by atoms with Crippen LogP contribution < -0.4 is 11.1 Å². The van der Waals surface area contributed by atoms with Gasteiger partial charge in [-0.2, -0.15) is 0 Å². The molecule has 0 aliphatic heterocycles. The summed E-state index contributed by atoms with van der Waals surface area (Å²) in [6.07, 6.45) is -0.575. The lowest BCUT2D eigenvalue weighted by Crippen LogP contribution is -2.34. The number of nitrogen functional groups attached to an aromatic ring is 1. The molecule has 134 valence electrons. The fourth-order valence-corrected chi connectivity index (χ4v) is 2.45. The van der Waals surface area contributed by atoms with Gasteiger partial charge in [0.25, 0.3) is 0 Å². The summed E-state index contributed by atoms with van der Waals surface area (Å²) in [6.45, 7) is 7.05. The van der Waals surface area contributed by atoms with E-state index in [9.17, 15) is 13.6 Å². The molecular weight excluding hydrogens is 326 g/mol. The molecule has 0 aliphatic carbocycles. The minimum absolute atomic E-state index is 0.140. The van der Waals surface area contributed by atoms with Crippen molar-refractivity contribution in [2.24, 2.45) is 0 Å². The molecule has 0 aliphatic rings. The summed E-state index contributed by atoms with van der Waals surface area (Å²) < 4.78 is 32.9. The quantitative estimate of drug-likeness (QED) is 0.783. The summed E-state index contributed by atoms with van der Waals surface area (Å²) in [5.41, 5.74) is 6.17. The van der Waals surface area contributed by atoms with Crippen LogP contribution in [0.5, 0.6) is 0 Å². The summed E-state index contributed by atoms with van der Waals surface area (Å²) in [7, 11) is 0. The first-order valence-electron chi connectivity index (χ1n) is 7.92. The molecule has 6 heteroatoms. The van der Waals surface area contributed by atoms with Gasteiger partial charge < -0.3 is 15.8 Å². The zero-order valence-electron chi connectivity index (χ0n) is 14.7. The lowest BCUT2D eigenvalue weighted by molar-refractivity contribution is 0.0508. The van der Waals surface area contributed by atoms with E-state index in [1.54, 1.807) is 52.0 Å². The van der Waals surface area contributed by atoms with Crippen molar-refractivity contribution in [3.63, 3.8) is 0 Å². The van der Waals surface area contributed by atoms with Crippen LogP contribution >= 0.6 is 0 Å². The molecule has 0 fully saturated rings. The van der Waals surface area contributed by atoms with Crippen molar-refractivity contribution in [2.45, 2.75) is 39.3 Å². The van der Waals surface area contributed by atoms with Gasteiger partial charge in [0.15, 0.2) is 0 Å². The molecule has 0 bridgehead atoms. The number of carbonyl (C=O) groups is 1. The van der Waals surface area contributed by atoms with Gasteiger partial charge in [0.1, 0.15) is 17.2 Å². The Morgan fingerprint density at radius 3 is 2.40 bits per heavy atom. The van der Waals surface area contributed by atoms with E-state index in [0.717, 1.165) is 6.07 Å². The minimum Gasteiger partial charge on any atom is -0.444 e. The Morgan fingerprint density at radius 2 is 1.76 bits per heavy atom. The monoisotopic (exact) mass is 348 g/mol. The van der Waals surface area contributed by atoms with Crippen LogP contribution in [-0.4, -0.2) is 11.7 Å². The predicted molar refractivity (Wildman–Crippen MR) is 94.0 cm³/mol. The first-order valence-corrected chi connectivity index (χ1v) is 7.92. The Balaban J connectivity index is 2.35. The van der Waals surface area contributed by atoms with Crippen LogP contribution in [0.25, 0.3) is 11.1 Å². The highest BCUT2D eigenvalue weighted by Gasteiger charge is 2.21. The van der Waals surface area contributed by atoms with E-state index in [1.807, 2.05) is 0 Å². The number of hydrogen-bond acceptors (Lipinski definition) is 3. The Kier molecular flexibility index (Phi) is 5.30. The van der Waals surface area contributed by atoms with Gasteiger partial charge >= 0.3 is 6.09 Å². The van der Waals surface area contributed by atoms with Gasteiger partial charge in [-0.3, -0.25) is 0 Å². The third-order valence-electron chi connectivity index (χ3n) is 3.54. The van der Waals surface area contributed by atoms with E-state index < -0.39 is 29.4 Å². The molecule has 3 N–H and O–H groups in total. The summed E-state index contributed by atoms with van der Waals surface area (Å²) >= 11 is 0. The van der Waals surface area contributed by atoms with Crippen molar-refractivity contribution >= 4 is 11.8 Å². The van der Waals surface area contributed by atoms with Gasteiger partial charge in [-0.25, -0.2) is 13.6 Å². The summed E-state index contributed by atoms with van der Waals surface area (Å²) in [4.78, 5) is 12.0. The highest BCUT2D eigenvalue weighted by atomic mass is 19.1. The number of anilines is 1. The maximum atomic E-state index is 14.2. The molecule has 4 nitrogen and oxygen atoms in total. The molecule has 0 radical (unpaired) electrons. The molecule has 0 unspecified atom stereocenters. The van der Waals surface area contributed by atoms with Crippen LogP contribution in [-0.2, 0) is 4.74 Å². The number of rotatable bonds is 3. The van der Waals surface area contributed by atoms with Crippen molar-refractivity contribution in [1.29, 1.82) is 0 Å². The van der Waals surface area contributed by atoms with Gasteiger partial charge in [0.05, 0.1) is 11.7 Å². The van der Waals surface area contributed by atoms with Crippen LogP contribution in [0.1, 0.15) is 39.3 Å². The molecule has 0 saturated carbocycles. The lowest BCUT2D eigenvalue weighted by atomic mass is 9.95. The van der Waals surface area contributed by atoms with Crippen molar-refractivity contribution in [3.8, 4) is 11.1 Å². The van der Waals surface area contributed by atoms with Crippen molar-refractivity contribution in [1.82, 2.24) is 5.32 Å². The fraction of sp³-hybridized carbons (Fsp3) is 0.316. The van der Waals surface area contributed by atoms with E-state index in [1.165, 1.54) is 6.07 Å². The van der Waals surface area contributed by atoms with E-state index in [2.05, 4.69) is 5.32 Å². The number of hydrogen-bond donors (Lipinski definition) is 2. The Bertz CT molecular complexity index is 785. The highest BCUT2D eigenvalue weighted by Crippen LogP contribution is 2.32. The van der Waals surface area contributed by atoms with E-state index in [4.69, 9.17) is 10.5 Å². The highest BCUT2D eigenvalue weighted by molar-refractivity contribution is 5.73. The maximum Gasteiger partial charge on any atom is 0.408 e. The third kappa shape index (κ3) is 4.68. The van der Waals surface area contributed by atoms with Crippen LogP contribution in [0, 0.1) is 11.6 Å². The first kappa shape index (κ1) is 18.7. The summed E-state index contributed by atoms with van der Waals surface area (Å²) in [6, 6.07) is 8.53. The molecule has 0 aromatic heterocycles. The number of carbonyl (C=O) groups excluding carboxylic acids is 1. The Hall–Kier alpha value is -2.63. The van der Waals surface area contributed by atoms with Crippen LogP contribution in [0.2, 0.25) is 0 Å². The first-order chi connectivity index (χ1) is 11.6. The maximum absolute atomic E-state index is 14.2. The van der Waals surface area contributed by atoms with E-state index in [0.29, 0.717) is 11.1 Å². The predicted octanol–water partition coefficient (Wildman–Crippen LogP) is 4.80. The van der Waals surface area contributed by atoms with Gasteiger partial charge in [-0.05, 0) is 44.9 Å². The third-order valence-corrected chi connectivity index (χ3v) is 3.54. The molecule has 2 rings (SSSR count). The van der Waals surface area contributed by atoms with Crippen molar-refractivity contribution < 1.29 is 18.3 Å². The number of halogens is 2. The average Bonchev–Trinajstić information content (AvgIpc) is 2.49. The Labute approximate surface area is 146 Å². The second-order valence-electron chi connectivity index (χ2n) is 6.81. The van der Waals surface area contributed by atoms with E-state index in [-0.39, 0.29) is 11.3 Å². The molecule has 0 saturated heterocycles. The number of alkyl carbamates (subject to hydrolysis) is 1. The molecule has 25 heavy (non-hydrogen) atoms. The molecular formula is C19H22F2N2O2. The molecule has 0 spiro atoms. The standard InChI is InChI=1S/C19H22F2N2O2/c1-11(23-18(24)25-19(2,3)4)12-7-5-6-8-13(12)14-9-17(22)16(21)10-15(14)20/h5-11H,22H2,1-4H3,(H,23,24)/t11-/m1/s1.